The van der Waals surface area contributed by atoms with Gasteiger partial charge in [-0.2, -0.15) is 5.26 Å². The third-order valence-electron chi connectivity index (χ3n) is 3.61. The first-order chi connectivity index (χ1) is 12.4. The van der Waals surface area contributed by atoms with Gasteiger partial charge in [-0.05, 0) is 36.2 Å². The number of nitrogens with zero attached hydrogens (tertiary/aromatic N) is 1. The molecule has 0 saturated carbocycles. The maximum absolute atomic E-state index is 12.1. The lowest BCUT2D eigenvalue weighted by Gasteiger charge is -2.13. The number of hydrogen-bond donors (Lipinski definition) is 3. The number of ether oxygens (including phenoxy) is 1. The molecule has 2 rings (SSSR count). The van der Waals surface area contributed by atoms with E-state index in [2.05, 4.69) is 10.1 Å². The molecule has 0 fully saturated rings. The minimum atomic E-state index is -0.827. The maximum atomic E-state index is 12.1. The van der Waals surface area contributed by atoms with Gasteiger partial charge in [-0.25, -0.2) is 4.79 Å². The monoisotopic (exact) mass is 374 g/mol. The Labute approximate surface area is 154 Å². The summed E-state index contributed by atoms with van der Waals surface area (Å²) in [6, 6.07) is 9.22. The number of aromatic hydroxyl groups is 2. The predicted molar refractivity (Wildman–Crippen MR) is 94.2 cm³/mol. The number of benzene rings is 2. The van der Waals surface area contributed by atoms with Gasteiger partial charge in [-0.3, -0.25) is 4.79 Å². The third-order valence-corrected chi connectivity index (χ3v) is 4.03. The number of methoxy groups -OCH3 is 1. The number of amides is 1. The van der Waals surface area contributed by atoms with Gasteiger partial charge in [-0.15, -0.1) is 0 Å². The Morgan fingerprint density at radius 3 is 2.46 bits per heavy atom. The number of nitrogens with one attached hydrogen (secondary N) is 1. The quantitative estimate of drug-likeness (QED) is 0.692. The van der Waals surface area contributed by atoms with Crippen molar-refractivity contribution in [1.29, 1.82) is 5.26 Å². The van der Waals surface area contributed by atoms with Gasteiger partial charge < -0.3 is 20.3 Å². The zero-order chi connectivity index (χ0) is 19.3. The van der Waals surface area contributed by atoms with Crippen LogP contribution in [0.5, 0.6) is 11.5 Å². The van der Waals surface area contributed by atoms with Crippen molar-refractivity contribution in [1.82, 2.24) is 0 Å². The molecule has 0 unspecified atom stereocenters. The zero-order valence-corrected chi connectivity index (χ0v) is 14.5. The summed E-state index contributed by atoms with van der Waals surface area (Å²) in [6.45, 7) is 0. The van der Waals surface area contributed by atoms with Crippen LogP contribution in [0.3, 0.4) is 0 Å². The topological polar surface area (TPSA) is 120 Å². The number of halogens is 1. The van der Waals surface area contributed by atoms with Crippen molar-refractivity contribution in [3.8, 4) is 17.6 Å². The lowest BCUT2D eigenvalue weighted by atomic mass is 10.0. The molecule has 0 aliphatic rings. The van der Waals surface area contributed by atoms with Crippen LogP contribution in [0.1, 0.15) is 27.9 Å². The molecular formula is C18H15ClN2O5. The van der Waals surface area contributed by atoms with E-state index in [1.165, 1.54) is 0 Å². The first-order valence-electron chi connectivity index (χ1n) is 7.49. The van der Waals surface area contributed by atoms with Gasteiger partial charge >= 0.3 is 5.97 Å². The second kappa shape index (κ2) is 8.23. The van der Waals surface area contributed by atoms with Crippen LogP contribution in [0.25, 0.3) is 0 Å². The van der Waals surface area contributed by atoms with Gasteiger partial charge in [0.15, 0.2) is 0 Å². The first kappa shape index (κ1) is 19.1. The van der Waals surface area contributed by atoms with Crippen LogP contribution < -0.4 is 5.32 Å². The molecule has 1 amide bonds. The van der Waals surface area contributed by atoms with Crippen molar-refractivity contribution >= 4 is 29.2 Å². The number of phenolic OH excluding ortho intramolecular Hbond substituents is 2. The summed E-state index contributed by atoms with van der Waals surface area (Å²) in [6.07, 6.45) is -0.0695. The first-order valence-corrected chi connectivity index (χ1v) is 7.86. The molecule has 26 heavy (non-hydrogen) atoms. The van der Waals surface area contributed by atoms with Gasteiger partial charge in [0.05, 0.1) is 23.8 Å². The van der Waals surface area contributed by atoms with Crippen molar-refractivity contribution in [2.75, 3.05) is 12.4 Å². The van der Waals surface area contributed by atoms with Crippen molar-refractivity contribution in [3.05, 3.63) is 52.0 Å². The molecule has 0 radical (unpaired) electrons. The summed E-state index contributed by atoms with van der Waals surface area (Å²) < 4.78 is 4.61. The van der Waals surface area contributed by atoms with Gasteiger partial charge in [0, 0.05) is 18.2 Å². The van der Waals surface area contributed by atoms with E-state index >= 15 is 0 Å². The summed E-state index contributed by atoms with van der Waals surface area (Å²) in [7, 11) is 1.14. The Bertz CT molecular complexity index is 888. The summed E-state index contributed by atoms with van der Waals surface area (Å²) in [5.74, 6) is -2.09. The van der Waals surface area contributed by atoms with E-state index in [9.17, 15) is 19.8 Å². The molecule has 8 heteroatoms. The summed E-state index contributed by atoms with van der Waals surface area (Å²) >= 11 is 6.02. The van der Waals surface area contributed by atoms with Crippen LogP contribution in [0, 0.1) is 11.3 Å². The summed E-state index contributed by atoms with van der Waals surface area (Å²) in [4.78, 5) is 24.0. The van der Waals surface area contributed by atoms with Crippen molar-refractivity contribution in [2.24, 2.45) is 0 Å². The Morgan fingerprint density at radius 1 is 1.23 bits per heavy atom. The normalized spacial score (nSPS) is 10.0. The smallest absolute Gasteiger partial charge is 0.341 e. The average molecular weight is 375 g/mol. The number of carbonyl (C=O) groups is 2. The predicted octanol–water partition coefficient (Wildman–Crippen LogP) is 2.98. The van der Waals surface area contributed by atoms with E-state index in [1.807, 2.05) is 6.07 Å². The van der Waals surface area contributed by atoms with Crippen LogP contribution >= 0.6 is 11.6 Å². The Balaban J connectivity index is 2.16. The van der Waals surface area contributed by atoms with Crippen LogP contribution in [-0.2, 0) is 16.0 Å². The van der Waals surface area contributed by atoms with E-state index in [-0.39, 0.29) is 34.9 Å². The van der Waals surface area contributed by atoms with Crippen LogP contribution in [0.4, 0.5) is 5.69 Å². The fourth-order valence-electron chi connectivity index (χ4n) is 2.34. The Morgan fingerprint density at radius 2 is 1.88 bits per heavy atom. The van der Waals surface area contributed by atoms with Gasteiger partial charge in [0.25, 0.3) is 0 Å². The molecule has 3 N–H and O–H groups in total. The molecule has 0 spiro atoms. The number of esters is 1. The number of nitriles is 1. The molecular weight excluding hydrogens is 360 g/mol. The summed E-state index contributed by atoms with van der Waals surface area (Å²) in [5.41, 5.74) is 0.896. The molecule has 0 aliphatic heterocycles. The van der Waals surface area contributed by atoms with Crippen molar-refractivity contribution < 1.29 is 24.5 Å². The van der Waals surface area contributed by atoms with Gasteiger partial charge in [-0.1, -0.05) is 11.6 Å². The largest absolute Gasteiger partial charge is 0.507 e. The molecule has 0 heterocycles. The number of rotatable bonds is 5. The minimum Gasteiger partial charge on any atom is -0.507 e. The Hall–Kier alpha value is -3.24. The van der Waals surface area contributed by atoms with Gasteiger partial charge in [0.1, 0.15) is 17.1 Å². The minimum absolute atomic E-state index is 0.00661. The average Bonchev–Trinajstić information content (AvgIpc) is 2.63. The van der Waals surface area contributed by atoms with Crippen LogP contribution in [0.15, 0.2) is 30.3 Å². The molecule has 0 bridgehead atoms. The molecule has 134 valence electrons. The highest BCUT2D eigenvalue weighted by Crippen LogP contribution is 2.37. The Kier molecular flexibility index (Phi) is 6.04. The fraction of sp³-hybridized carbons (Fsp3) is 0.167. The molecule has 0 aliphatic carbocycles. The van der Waals surface area contributed by atoms with Crippen LogP contribution in [-0.4, -0.2) is 29.2 Å². The molecule has 2 aromatic rings. The van der Waals surface area contributed by atoms with Crippen molar-refractivity contribution in [3.63, 3.8) is 0 Å². The maximum Gasteiger partial charge on any atom is 0.341 e. The van der Waals surface area contributed by atoms with E-state index in [1.54, 1.807) is 24.3 Å². The number of carbonyl (C=O) groups excluding carboxylic acids is 2. The fourth-order valence-corrected chi connectivity index (χ4v) is 2.58. The van der Waals surface area contributed by atoms with Crippen LogP contribution in [0.2, 0.25) is 5.02 Å². The number of anilines is 1. The standard InChI is InChI=1S/C18H15ClN2O5/c1-26-18(25)16-12(17(19)14(23)8-13(16)22)6-7-15(24)21-11-4-2-10(9-20)3-5-11/h2-5,8,22-23H,6-7H2,1H3,(H,21,24). The highest BCUT2D eigenvalue weighted by atomic mass is 35.5. The zero-order valence-electron chi connectivity index (χ0n) is 13.7. The number of phenols is 2. The molecule has 0 aromatic heterocycles. The van der Waals surface area contributed by atoms with Gasteiger partial charge in [0.2, 0.25) is 5.91 Å². The third kappa shape index (κ3) is 4.23. The van der Waals surface area contributed by atoms with Crippen molar-refractivity contribution in [2.45, 2.75) is 12.8 Å². The molecule has 0 saturated heterocycles. The van der Waals surface area contributed by atoms with E-state index in [0.717, 1.165) is 13.2 Å². The SMILES string of the molecule is COC(=O)c1c(O)cc(O)c(Cl)c1CCC(=O)Nc1ccc(C#N)cc1. The highest BCUT2D eigenvalue weighted by Gasteiger charge is 2.23. The summed E-state index contributed by atoms with van der Waals surface area (Å²) in [5, 5.41) is 30.9. The van der Waals surface area contributed by atoms with E-state index in [4.69, 9.17) is 16.9 Å². The molecule has 2 aromatic carbocycles. The number of hydrogen-bond acceptors (Lipinski definition) is 6. The molecule has 0 atom stereocenters. The highest BCUT2D eigenvalue weighted by molar-refractivity contribution is 6.33. The molecule has 7 nitrogen and oxygen atoms in total. The van der Waals surface area contributed by atoms with E-state index in [0.29, 0.717) is 11.3 Å². The second-order valence-corrected chi connectivity index (χ2v) is 5.69. The lowest BCUT2D eigenvalue weighted by Crippen LogP contribution is -2.14. The second-order valence-electron chi connectivity index (χ2n) is 5.31. The van der Waals surface area contributed by atoms with E-state index < -0.39 is 17.5 Å². The lowest BCUT2D eigenvalue weighted by molar-refractivity contribution is -0.116.